The largest absolute Gasteiger partial charge is 0.483 e. The third-order valence-corrected chi connectivity index (χ3v) is 7.99. The van der Waals surface area contributed by atoms with Crippen molar-refractivity contribution in [1.82, 2.24) is 9.21 Å². The first-order chi connectivity index (χ1) is 12.7. The third kappa shape index (κ3) is 4.46. The van der Waals surface area contributed by atoms with E-state index in [0.717, 1.165) is 19.4 Å². The average molecular weight is 419 g/mol. The van der Waals surface area contributed by atoms with E-state index in [2.05, 4.69) is 4.90 Å². The Morgan fingerprint density at radius 3 is 2.59 bits per heavy atom. The molecule has 3 rings (SSSR count). The monoisotopic (exact) mass is 418 g/mol. The van der Waals surface area contributed by atoms with Crippen LogP contribution in [0.15, 0.2) is 23.1 Å². The number of hydrogen-bond acceptors (Lipinski definition) is 5. The maximum atomic E-state index is 13.1. The Hall–Kier alpha value is -1.19. The molecule has 2 saturated heterocycles. The average Bonchev–Trinajstić information content (AvgIpc) is 2.62. The standard InChI is InChI=1S/C17H25ClN2O3S.CH2O2/c1-13-10-14(18)4-5-15(13)24(22,23)20-9-7-17(12-21)6-3-8-19(2)16(17)11-20;2-1-3/h4-5,10,16,21H,3,6-9,11-12H2,1-2H3;1H,(H,2,3)/t16-,17-;/m1./s1. The number of aryl methyl sites for hydroxylation is 1. The minimum absolute atomic E-state index is 0.0624. The van der Waals surface area contributed by atoms with Gasteiger partial charge in [0.1, 0.15) is 0 Å². The van der Waals surface area contributed by atoms with Crippen molar-refractivity contribution in [3.8, 4) is 0 Å². The Balaban J connectivity index is 0.000000817. The maximum absolute atomic E-state index is 13.1. The summed E-state index contributed by atoms with van der Waals surface area (Å²) in [6.07, 6.45) is 2.72. The molecule has 2 N–H and O–H groups in total. The van der Waals surface area contributed by atoms with Crippen LogP contribution in [0.4, 0.5) is 0 Å². The van der Waals surface area contributed by atoms with Crippen LogP contribution in [-0.2, 0) is 14.8 Å². The first-order valence-electron chi connectivity index (χ1n) is 8.87. The van der Waals surface area contributed by atoms with E-state index in [1.165, 1.54) is 0 Å². The summed E-state index contributed by atoms with van der Waals surface area (Å²) >= 11 is 5.96. The van der Waals surface area contributed by atoms with Gasteiger partial charge in [-0.15, -0.1) is 0 Å². The molecule has 2 fully saturated rings. The lowest BCUT2D eigenvalue weighted by molar-refractivity contribution is -0.122. The van der Waals surface area contributed by atoms with Gasteiger partial charge in [-0.25, -0.2) is 8.42 Å². The molecule has 0 bridgehead atoms. The van der Waals surface area contributed by atoms with Crippen molar-refractivity contribution >= 4 is 28.1 Å². The van der Waals surface area contributed by atoms with Crippen LogP contribution in [-0.4, -0.2) is 73.6 Å². The number of hydrogen-bond donors (Lipinski definition) is 2. The van der Waals surface area contributed by atoms with Gasteiger partial charge in [0.05, 0.1) is 11.5 Å². The summed E-state index contributed by atoms with van der Waals surface area (Å²) < 4.78 is 27.8. The number of nitrogens with zero attached hydrogens (tertiary/aromatic N) is 2. The number of benzene rings is 1. The summed E-state index contributed by atoms with van der Waals surface area (Å²) in [7, 11) is -1.53. The molecule has 2 aliphatic heterocycles. The highest BCUT2D eigenvalue weighted by molar-refractivity contribution is 7.89. The van der Waals surface area contributed by atoms with Gasteiger partial charge in [0.15, 0.2) is 0 Å². The second kappa shape index (κ2) is 8.87. The molecule has 2 aliphatic rings. The summed E-state index contributed by atoms with van der Waals surface area (Å²) in [5.41, 5.74) is 0.493. The van der Waals surface area contributed by atoms with Crippen LogP contribution in [0.2, 0.25) is 5.02 Å². The van der Waals surface area contributed by atoms with E-state index in [1.54, 1.807) is 29.4 Å². The fourth-order valence-corrected chi connectivity index (χ4v) is 6.13. The van der Waals surface area contributed by atoms with E-state index in [1.807, 2.05) is 7.05 Å². The number of carboxylic acid groups (broad SMARTS) is 1. The molecule has 7 nitrogen and oxygen atoms in total. The summed E-state index contributed by atoms with van der Waals surface area (Å²) in [6, 6.07) is 4.96. The van der Waals surface area contributed by atoms with Crippen molar-refractivity contribution < 1.29 is 23.4 Å². The number of likely N-dealkylation sites (N-methyl/N-ethyl adjacent to an activating group) is 1. The minimum Gasteiger partial charge on any atom is -0.483 e. The number of rotatable bonds is 3. The van der Waals surface area contributed by atoms with Crippen LogP contribution in [0.25, 0.3) is 0 Å². The Morgan fingerprint density at radius 2 is 2.00 bits per heavy atom. The predicted molar refractivity (Wildman–Crippen MR) is 103 cm³/mol. The summed E-state index contributed by atoms with van der Waals surface area (Å²) in [4.78, 5) is 10.9. The Labute approximate surface area is 165 Å². The van der Waals surface area contributed by atoms with E-state index in [0.29, 0.717) is 35.0 Å². The van der Waals surface area contributed by atoms with Crippen molar-refractivity contribution in [3.05, 3.63) is 28.8 Å². The van der Waals surface area contributed by atoms with E-state index in [9.17, 15) is 13.5 Å². The van der Waals surface area contributed by atoms with Gasteiger partial charge in [0.25, 0.3) is 6.47 Å². The first-order valence-corrected chi connectivity index (χ1v) is 10.7. The van der Waals surface area contributed by atoms with Gasteiger partial charge < -0.3 is 15.1 Å². The van der Waals surface area contributed by atoms with Gasteiger partial charge in [-0.1, -0.05) is 11.6 Å². The Morgan fingerprint density at radius 1 is 1.33 bits per heavy atom. The van der Waals surface area contributed by atoms with Crippen molar-refractivity contribution in [2.24, 2.45) is 5.41 Å². The third-order valence-electron chi connectivity index (χ3n) is 5.73. The van der Waals surface area contributed by atoms with Crippen molar-refractivity contribution in [3.63, 3.8) is 0 Å². The number of carbonyl (C=O) groups is 1. The zero-order valence-electron chi connectivity index (χ0n) is 15.6. The molecule has 1 aromatic carbocycles. The Bertz CT molecular complexity index is 773. The van der Waals surface area contributed by atoms with Crippen LogP contribution in [0.3, 0.4) is 0 Å². The highest BCUT2D eigenvalue weighted by atomic mass is 35.5. The van der Waals surface area contributed by atoms with Crippen molar-refractivity contribution in [2.45, 2.75) is 37.1 Å². The molecule has 0 radical (unpaired) electrons. The van der Waals surface area contributed by atoms with E-state index in [-0.39, 0.29) is 24.5 Å². The summed E-state index contributed by atoms with van der Waals surface area (Å²) in [5.74, 6) is 0. The molecule has 0 unspecified atom stereocenters. The number of halogens is 1. The van der Waals surface area contributed by atoms with Crippen LogP contribution in [0.5, 0.6) is 0 Å². The normalized spacial score (nSPS) is 26.6. The van der Waals surface area contributed by atoms with E-state index in [4.69, 9.17) is 21.5 Å². The maximum Gasteiger partial charge on any atom is 0.290 e. The molecule has 1 aromatic rings. The molecule has 0 amide bonds. The smallest absolute Gasteiger partial charge is 0.290 e. The highest BCUT2D eigenvalue weighted by Gasteiger charge is 2.48. The number of fused-ring (bicyclic) bond motifs is 1. The lowest BCUT2D eigenvalue weighted by atomic mass is 9.69. The van der Waals surface area contributed by atoms with Crippen LogP contribution in [0, 0.1) is 12.3 Å². The molecule has 2 heterocycles. The molecule has 0 spiro atoms. The zero-order valence-corrected chi connectivity index (χ0v) is 17.2. The summed E-state index contributed by atoms with van der Waals surface area (Å²) in [6.45, 7) is 3.47. The lowest BCUT2D eigenvalue weighted by Crippen LogP contribution is -2.62. The van der Waals surface area contributed by atoms with Gasteiger partial charge in [-0.3, -0.25) is 4.79 Å². The number of aliphatic hydroxyl groups excluding tert-OH is 1. The minimum atomic E-state index is -3.55. The van der Waals surface area contributed by atoms with Crippen molar-refractivity contribution in [1.29, 1.82) is 0 Å². The fourth-order valence-electron chi connectivity index (χ4n) is 4.25. The van der Waals surface area contributed by atoms with E-state index < -0.39 is 10.0 Å². The molecule has 0 aromatic heterocycles. The first kappa shape index (κ1) is 22.1. The number of sulfonamides is 1. The number of piperidine rings is 2. The van der Waals surface area contributed by atoms with Crippen molar-refractivity contribution in [2.75, 3.05) is 33.3 Å². The molecule has 27 heavy (non-hydrogen) atoms. The van der Waals surface area contributed by atoms with Gasteiger partial charge >= 0.3 is 0 Å². The van der Waals surface area contributed by atoms with E-state index >= 15 is 0 Å². The van der Waals surface area contributed by atoms with Gasteiger partial charge in [-0.2, -0.15) is 4.31 Å². The second-order valence-electron chi connectivity index (χ2n) is 7.25. The summed E-state index contributed by atoms with van der Waals surface area (Å²) in [5, 5.41) is 17.4. The lowest BCUT2D eigenvalue weighted by Gasteiger charge is -2.53. The molecule has 9 heteroatoms. The second-order valence-corrected chi connectivity index (χ2v) is 9.59. The quantitative estimate of drug-likeness (QED) is 0.726. The SMILES string of the molecule is Cc1cc(Cl)ccc1S(=O)(=O)N1CC[C@@]2(CO)CCCN(C)[C@@H]2C1.O=CO. The molecule has 2 atom stereocenters. The topological polar surface area (TPSA) is 98.2 Å². The Kier molecular flexibility index (Phi) is 7.27. The van der Waals surface area contributed by atoms with Gasteiger partial charge in [0.2, 0.25) is 10.0 Å². The van der Waals surface area contributed by atoms with Crippen LogP contribution in [0.1, 0.15) is 24.8 Å². The number of likely N-dealkylation sites (tertiary alicyclic amines) is 1. The fraction of sp³-hybridized carbons (Fsp3) is 0.611. The molecular formula is C18H27ClN2O5S. The number of aliphatic hydroxyl groups is 1. The zero-order chi connectivity index (χ0) is 20.2. The van der Waals surface area contributed by atoms with Crippen LogP contribution < -0.4 is 0 Å². The molecular weight excluding hydrogens is 392 g/mol. The van der Waals surface area contributed by atoms with Gasteiger partial charge in [0, 0.05) is 29.6 Å². The molecule has 152 valence electrons. The van der Waals surface area contributed by atoms with Gasteiger partial charge in [-0.05, 0) is 63.5 Å². The molecule has 0 saturated carbocycles. The molecule has 0 aliphatic carbocycles. The predicted octanol–water partition coefficient (Wildman–Crippen LogP) is 1.82. The highest BCUT2D eigenvalue weighted by Crippen LogP contribution is 2.42. The van der Waals surface area contributed by atoms with Crippen LogP contribution >= 0.6 is 11.6 Å².